The van der Waals surface area contributed by atoms with Gasteiger partial charge in [0.2, 0.25) is 10.0 Å². The van der Waals surface area contributed by atoms with E-state index in [2.05, 4.69) is 10.8 Å². The smallest absolute Gasteiger partial charge is 0.208 e. The summed E-state index contributed by atoms with van der Waals surface area (Å²) in [6.45, 7) is 0. The largest absolute Gasteiger partial charge is 0.240 e. The van der Waals surface area contributed by atoms with Gasteiger partial charge in [0.05, 0.1) is 11.0 Å². The summed E-state index contributed by atoms with van der Waals surface area (Å²) >= 11 is 0. The molecule has 1 aliphatic rings. The molecule has 2 rings (SSSR count). The van der Waals surface area contributed by atoms with E-state index in [0.29, 0.717) is 4.90 Å². The van der Waals surface area contributed by atoms with Crippen LogP contribution < -0.4 is 4.72 Å². The average molecular weight is 264 g/mol. The van der Waals surface area contributed by atoms with Crippen LogP contribution in [0.4, 0.5) is 0 Å². The lowest BCUT2D eigenvalue weighted by Gasteiger charge is -2.25. The third-order valence-electron chi connectivity index (χ3n) is 3.29. The van der Waals surface area contributed by atoms with Crippen LogP contribution >= 0.6 is 0 Å². The van der Waals surface area contributed by atoms with Gasteiger partial charge in [0, 0.05) is 12.0 Å². The van der Waals surface area contributed by atoms with E-state index in [-0.39, 0.29) is 12.0 Å². The Hall–Kier alpha value is -1.38. The van der Waals surface area contributed by atoms with Crippen LogP contribution in [-0.4, -0.2) is 14.5 Å². The fraction of sp³-hybridized carbons (Fsp3) is 0.462. The summed E-state index contributed by atoms with van der Waals surface area (Å²) in [6.07, 6.45) is 3.03. The van der Waals surface area contributed by atoms with Crippen molar-refractivity contribution in [3.8, 4) is 6.07 Å². The van der Waals surface area contributed by atoms with E-state index >= 15 is 0 Å². The maximum atomic E-state index is 12.1. The van der Waals surface area contributed by atoms with Gasteiger partial charge in [-0.1, -0.05) is 18.2 Å². The highest BCUT2D eigenvalue weighted by molar-refractivity contribution is 7.89. The van der Waals surface area contributed by atoms with Crippen molar-refractivity contribution in [1.29, 1.82) is 5.26 Å². The Morgan fingerprint density at radius 3 is 2.28 bits per heavy atom. The summed E-state index contributed by atoms with van der Waals surface area (Å²) in [7, 11) is -3.42. The molecule has 0 atom stereocenters. The number of hydrogen-bond donors (Lipinski definition) is 1. The Morgan fingerprint density at radius 2 is 1.72 bits per heavy atom. The zero-order chi connectivity index (χ0) is 13.0. The first-order valence-corrected chi connectivity index (χ1v) is 7.57. The Kier molecular flexibility index (Phi) is 4.00. The van der Waals surface area contributed by atoms with Gasteiger partial charge in [0.1, 0.15) is 0 Å². The highest BCUT2D eigenvalue weighted by Crippen LogP contribution is 2.24. The first-order chi connectivity index (χ1) is 8.62. The van der Waals surface area contributed by atoms with Crippen LogP contribution in [0.3, 0.4) is 0 Å². The van der Waals surface area contributed by atoms with Crippen LogP contribution in [0, 0.1) is 17.2 Å². The fourth-order valence-electron chi connectivity index (χ4n) is 2.23. The summed E-state index contributed by atoms with van der Waals surface area (Å²) < 4.78 is 26.9. The van der Waals surface area contributed by atoms with E-state index < -0.39 is 10.0 Å². The van der Waals surface area contributed by atoms with Gasteiger partial charge >= 0.3 is 0 Å². The number of nitrogens with one attached hydrogen (secondary N) is 1. The number of benzene rings is 1. The molecule has 1 N–H and O–H groups in total. The van der Waals surface area contributed by atoms with Gasteiger partial charge in [-0.15, -0.1) is 0 Å². The lowest BCUT2D eigenvalue weighted by molar-refractivity contribution is 0.361. The number of nitriles is 1. The van der Waals surface area contributed by atoms with Gasteiger partial charge in [0.15, 0.2) is 0 Å². The lowest BCUT2D eigenvalue weighted by Crippen LogP contribution is -2.37. The van der Waals surface area contributed by atoms with Crippen molar-refractivity contribution in [2.24, 2.45) is 5.92 Å². The van der Waals surface area contributed by atoms with Crippen molar-refractivity contribution in [3.63, 3.8) is 0 Å². The zero-order valence-corrected chi connectivity index (χ0v) is 10.9. The highest BCUT2D eigenvalue weighted by Gasteiger charge is 2.25. The molecule has 18 heavy (non-hydrogen) atoms. The summed E-state index contributed by atoms with van der Waals surface area (Å²) in [4.78, 5) is 0.299. The van der Waals surface area contributed by atoms with E-state index in [1.54, 1.807) is 30.3 Å². The molecule has 0 saturated heterocycles. The Morgan fingerprint density at radius 1 is 1.11 bits per heavy atom. The zero-order valence-electron chi connectivity index (χ0n) is 10.0. The van der Waals surface area contributed by atoms with Crippen LogP contribution in [0.1, 0.15) is 25.7 Å². The Labute approximate surface area is 108 Å². The van der Waals surface area contributed by atoms with Crippen LogP contribution in [-0.2, 0) is 10.0 Å². The average Bonchev–Trinajstić information content (AvgIpc) is 2.40. The van der Waals surface area contributed by atoms with Gasteiger partial charge in [0.25, 0.3) is 0 Å². The molecule has 0 unspecified atom stereocenters. The van der Waals surface area contributed by atoms with Gasteiger partial charge in [-0.25, -0.2) is 13.1 Å². The van der Waals surface area contributed by atoms with Crippen molar-refractivity contribution < 1.29 is 8.42 Å². The number of nitrogens with zero attached hydrogens (tertiary/aromatic N) is 1. The van der Waals surface area contributed by atoms with Crippen LogP contribution in [0.5, 0.6) is 0 Å². The van der Waals surface area contributed by atoms with E-state index in [4.69, 9.17) is 5.26 Å². The molecule has 0 radical (unpaired) electrons. The molecule has 0 amide bonds. The predicted molar refractivity (Wildman–Crippen MR) is 68.1 cm³/mol. The molecular weight excluding hydrogens is 248 g/mol. The number of sulfonamides is 1. The molecule has 1 saturated carbocycles. The van der Waals surface area contributed by atoms with Crippen molar-refractivity contribution in [2.75, 3.05) is 0 Å². The molecule has 5 heteroatoms. The van der Waals surface area contributed by atoms with Gasteiger partial charge < -0.3 is 0 Å². The van der Waals surface area contributed by atoms with Crippen molar-refractivity contribution in [2.45, 2.75) is 36.6 Å². The van der Waals surface area contributed by atoms with Crippen molar-refractivity contribution in [3.05, 3.63) is 30.3 Å². The summed E-state index contributed by atoms with van der Waals surface area (Å²) in [6, 6.07) is 10.6. The second-order valence-corrected chi connectivity index (χ2v) is 6.33. The van der Waals surface area contributed by atoms with Gasteiger partial charge in [-0.3, -0.25) is 0 Å². The first-order valence-electron chi connectivity index (χ1n) is 6.09. The molecule has 1 fully saturated rings. The first kappa shape index (κ1) is 13.1. The van der Waals surface area contributed by atoms with E-state index in [1.807, 2.05) is 0 Å². The SMILES string of the molecule is N#C[C@H]1CC[C@H](NS(=O)(=O)c2ccccc2)CC1. The fourth-order valence-corrected chi connectivity index (χ4v) is 3.55. The second kappa shape index (κ2) is 5.51. The van der Waals surface area contributed by atoms with E-state index in [0.717, 1.165) is 25.7 Å². The molecular formula is C13H16N2O2S. The maximum absolute atomic E-state index is 12.1. The number of hydrogen-bond acceptors (Lipinski definition) is 3. The molecule has 1 aliphatic carbocycles. The molecule has 0 bridgehead atoms. The monoisotopic (exact) mass is 264 g/mol. The third-order valence-corrected chi connectivity index (χ3v) is 4.82. The molecule has 0 spiro atoms. The molecule has 96 valence electrons. The molecule has 4 nitrogen and oxygen atoms in total. The summed E-state index contributed by atoms with van der Waals surface area (Å²) in [5, 5.41) is 8.80. The van der Waals surface area contributed by atoms with Crippen LogP contribution in [0.2, 0.25) is 0 Å². The summed E-state index contributed by atoms with van der Waals surface area (Å²) in [5.41, 5.74) is 0. The standard InChI is InChI=1S/C13H16N2O2S/c14-10-11-6-8-12(9-7-11)15-18(16,17)13-4-2-1-3-5-13/h1-5,11-12,15H,6-9H2/t11-,12-. The lowest BCUT2D eigenvalue weighted by atomic mass is 9.88. The molecule has 0 aliphatic heterocycles. The Balaban J connectivity index is 2.00. The third kappa shape index (κ3) is 3.09. The van der Waals surface area contributed by atoms with Gasteiger partial charge in [-0.05, 0) is 37.8 Å². The maximum Gasteiger partial charge on any atom is 0.240 e. The Bertz CT molecular complexity index is 526. The quantitative estimate of drug-likeness (QED) is 0.908. The van der Waals surface area contributed by atoms with E-state index in [1.165, 1.54) is 0 Å². The minimum atomic E-state index is -3.42. The predicted octanol–water partition coefficient (Wildman–Crippen LogP) is 2.05. The van der Waals surface area contributed by atoms with Crippen molar-refractivity contribution >= 4 is 10.0 Å². The molecule has 0 heterocycles. The van der Waals surface area contributed by atoms with Crippen LogP contribution in [0.25, 0.3) is 0 Å². The number of rotatable bonds is 3. The minimum Gasteiger partial charge on any atom is -0.208 e. The van der Waals surface area contributed by atoms with Crippen molar-refractivity contribution in [1.82, 2.24) is 4.72 Å². The molecule has 1 aromatic rings. The topological polar surface area (TPSA) is 70.0 Å². The van der Waals surface area contributed by atoms with Gasteiger partial charge in [-0.2, -0.15) is 5.26 Å². The second-order valence-electron chi connectivity index (χ2n) is 4.61. The molecule has 1 aromatic carbocycles. The van der Waals surface area contributed by atoms with E-state index in [9.17, 15) is 8.42 Å². The normalized spacial score (nSPS) is 24.4. The van der Waals surface area contributed by atoms with Crippen LogP contribution in [0.15, 0.2) is 35.2 Å². The highest BCUT2D eigenvalue weighted by atomic mass is 32.2. The summed E-state index contributed by atoms with van der Waals surface area (Å²) in [5.74, 6) is 0.0856. The minimum absolute atomic E-state index is 0.0418. The molecule has 0 aromatic heterocycles.